The van der Waals surface area contributed by atoms with Gasteiger partial charge in [-0.05, 0) is 64.1 Å². The zero-order chi connectivity index (χ0) is 26.1. The summed E-state index contributed by atoms with van der Waals surface area (Å²) >= 11 is 0. The topological polar surface area (TPSA) is 106 Å². The molecule has 3 aromatic heterocycles. The summed E-state index contributed by atoms with van der Waals surface area (Å²) in [6.45, 7) is 11.6. The van der Waals surface area contributed by atoms with Gasteiger partial charge in [-0.25, -0.2) is 9.59 Å². The van der Waals surface area contributed by atoms with Crippen molar-refractivity contribution < 1.29 is 13.3 Å². The van der Waals surface area contributed by atoms with Gasteiger partial charge >= 0.3 is 11.3 Å². The fourth-order valence-corrected chi connectivity index (χ4v) is 4.51. The molecule has 0 N–H and O–H groups in total. The molecule has 0 amide bonds. The van der Waals surface area contributed by atoms with Crippen molar-refractivity contribution in [2.24, 2.45) is 0 Å². The first-order chi connectivity index (χ1) is 17.9. The monoisotopic (exact) mass is 500 g/mol. The van der Waals surface area contributed by atoms with Crippen LogP contribution in [0.2, 0.25) is 0 Å². The Labute approximate surface area is 212 Å². The smallest absolute Gasteiger partial charge is 0.349 e. The van der Waals surface area contributed by atoms with Crippen molar-refractivity contribution in [3.05, 3.63) is 69.4 Å². The summed E-state index contributed by atoms with van der Waals surface area (Å²) in [5.41, 5.74) is 1.92. The number of rotatable bonds is 8. The second-order valence-electron chi connectivity index (χ2n) is 8.60. The van der Waals surface area contributed by atoms with E-state index in [0.717, 1.165) is 48.3 Å². The van der Waals surface area contributed by atoms with E-state index < -0.39 is 11.3 Å². The Morgan fingerprint density at radius 1 is 0.595 bits per heavy atom. The van der Waals surface area contributed by atoms with E-state index in [1.165, 1.54) is 0 Å². The van der Waals surface area contributed by atoms with Crippen LogP contribution in [-0.4, -0.2) is 36.4 Å². The van der Waals surface area contributed by atoms with Crippen LogP contribution in [0.4, 0.5) is 11.4 Å². The molecule has 5 aromatic rings. The fourth-order valence-electron chi connectivity index (χ4n) is 4.51. The summed E-state index contributed by atoms with van der Waals surface area (Å²) in [4.78, 5) is 29.9. The van der Waals surface area contributed by atoms with E-state index >= 15 is 0 Å². The van der Waals surface area contributed by atoms with Gasteiger partial charge in [-0.1, -0.05) is 0 Å². The van der Waals surface area contributed by atoms with Gasteiger partial charge in [0.1, 0.15) is 22.3 Å². The molecule has 0 saturated heterocycles. The van der Waals surface area contributed by atoms with E-state index in [9.17, 15) is 9.59 Å². The van der Waals surface area contributed by atoms with Gasteiger partial charge in [0.25, 0.3) is 11.8 Å². The summed E-state index contributed by atoms with van der Waals surface area (Å²) in [5.74, 6) is -0.0651. The third kappa shape index (κ3) is 4.48. The Morgan fingerprint density at radius 2 is 1.00 bits per heavy atom. The summed E-state index contributed by atoms with van der Waals surface area (Å²) in [7, 11) is 0. The zero-order valence-corrected chi connectivity index (χ0v) is 21.3. The molecule has 37 heavy (non-hydrogen) atoms. The normalized spacial score (nSPS) is 11.4. The average Bonchev–Trinajstić information content (AvgIpc) is 3.39. The zero-order valence-electron chi connectivity index (χ0n) is 21.3. The lowest BCUT2D eigenvalue weighted by atomic mass is 10.1. The molecule has 0 aliphatic rings. The SMILES string of the molecule is CCN(CC)c1ccc2cc(-c3nnc(-c4cc5ccc(N(CC)CC)cc5oc4=O)o3)c(=O)oc2c1. The van der Waals surface area contributed by atoms with Gasteiger partial charge in [0, 0.05) is 60.5 Å². The van der Waals surface area contributed by atoms with E-state index in [-0.39, 0.29) is 22.9 Å². The molecule has 0 aliphatic carbocycles. The molecule has 9 nitrogen and oxygen atoms in total. The molecule has 9 heteroatoms. The predicted molar refractivity (Wildman–Crippen MR) is 144 cm³/mol. The Kier molecular flexibility index (Phi) is 6.52. The predicted octanol–water partition coefficient (Wildman–Crippen LogP) is 5.31. The van der Waals surface area contributed by atoms with Gasteiger partial charge in [0.05, 0.1) is 0 Å². The van der Waals surface area contributed by atoms with Gasteiger partial charge in [0.15, 0.2) is 0 Å². The van der Waals surface area contributed by atoms with Crippen LogP contribution in [-0.2, 0) is 0 Å². The maximum Gasteiger partial charge on any atom is 0.349 e. The molecule has 0 radical (unpaired) electrons. The third-order valence-electron chi connectivity index (χ3n) is 6.58. The molecule has 0 atom stereocenters. The summed E-state index contributed by atoms with van der Waals surface area (Å²) in [5, 5.41) is 9.47. The van der Waals surface area contributed by atoms with Crippen LogP contribution in [0.15, 0.2) is 71.4 Å². The van der Waals surface area contributed by atoms with Crippen molar-refractivity contribution in [1.82, 2.24) is 10.2 Å². The highest BCUT2D eigenvalue weighted by molar-refractivity contribution is 5.85. The lowest BCUT2D eigenvalue weighted by molar-refractivity contribution is 0.538. The first-order valence-electron chi connectivity index (χ1n) is 12.5. The number of nitrogens with zero attached hydrogens (tertiary/aromatic N) is 4. The number of fused-ring (bicyclic) bond motifs is 2. The van der Waals surface area contributed by atoms with Crippen LogP contribution in [0, 0.1) is 0 Å². The van der Waals surface area contributed by atoms with Gasteiger partial charge in [-0.15, -0.1) is 10.2 Å². The van der Waals surface area contributed by atoms with Crippen molar-refractivity contribution in [1.29, 1.82) is 0 Å². The van der Waals surface area contributed by atoms with Crippen LogP contribution in [0.3, 0.4) is 0 Å². The van der Waals surface area contributed by atoms with E-state index in [0.29, 0.717) is 11.2 Å². The first-order valence-corrected chi connectivity index (χ1v) is 12.5. The number of hydrogen-bond acceptors (Lipinski definition) is 9. The molecule has 190 valence electrons. The number of hydrogen-bond donors (Lipinski definition) is 0. The van der Waals surface area contributed by atoms with Crippen molar-refractivity contribution in [3.63, 3.8) is 0 Å². The molecule has 3 heterocycles. The second kappa shape index (κ2) is 9.93. The van der Waals surface area contributed by atoms with Gasteiger partial charge in [-0.3, -0.25) is 0 Å². The van der Waals surface area contributed by atoms with E-state index in [1.807, 2.05) is 36.4 Å². The maximum atomic E-state index is 12.8. The van der Waals surface area contributed by atoms with Crippen LogP contribution in [0.5, 0.6) is 0 Å². The maximum absolute atomic E-state index is 12.8. The second-order valence-corrected chi connectivity index (χ2v) is 8.60. The Morgan fingerprint density at radius 3 is 1.38 bits per heavy atom. The largest absolute Gasteiger partial charge is 0.422 e. The van der Waals surface area contributed by atoms with Crippen LogP contribution < -0.4 is 21.1 Å². The highest BCUT2D eigenvalue weighted by Crippen LogP contribution is 2.28. The van der Waals surface area contributed by atoms with E-state index in [4.69, 9.17) is 13.3 Å². The summed E-state index contributed by atoms with van der Waals surface area (Å²) < 4.78 is 16.9. The average molecular weight is 501 g/mol. The highest BCUT2D eigenvalue weighted by atomic mass is 16.4. The number of aromatic nitrogens is 2. The van der Waals surface area contributed by atoms with Crippen LogP contribution in [0.1, 0.15) is 27.7 Å². The minimum atomic E-state index is -0.603. The standard InChI is InChI=1S/C28H28N4O5/c1-5-31(6-2)19-11-9-17-13-21(27(33)35-23(17)15-19)25-29-30-26(37-25)22-14-18-10-12-20(32(7-3)8-4)16-24(18)36-28(22)34/h9-16H,5-8H2,1-4H3. The molecule has 2 aromatic carbocycles. The van der Waals surface area contributed by atoms with Crippen molar-refractivity contribution in [2.45, 2.75) is 27.7 Å². The Balaban J connectivity index is 1.51. The minimum Gasteiger partial charge on any atom is -0.422 e. The van der Waals surface area contributed by atoms with Crippen LogP contribution >= 0.6 is 0 Å². The van der Waals surface area contributed by atoms with Gasteiger partial charge in [-0.2, -0.15) is 0 Å². The lowest BCUT2D eigenvalue weighted by Gasteiger charge is -2.20. The molecule has 0 fully saturated rings. The molecular weight excluding hydrogens is 472 g/mol. The van der Waals surface area contributed by atoms with Crippen molar-refractivity contribution in [3.8, 4) is 22.9 Å². The molecule has 0 spiro atoms. The van der Waals surface area contributed by atoms with E-state index in [2.05, 4.69) is 47.7 Å². The quantitative estimate of drug-likeness (QED) is 0.262. The van der Waals surface area contributed by atoms with Crippen molar-refractivity contribution in [2.75, 3.05) is 36.0 Å². The Hall–Kier alpha value is -4.40. The molecule has 5 rings (SSSR count). The molecular formula is C28H28N4O5. The van der Waals surface area contributed by atoms with Crippen LogP contribution in [0.25, 0.3) is 44.8 Å². The first kappa shape index (κ1) is 24.3. The molecule has 0 aliphatic heterocycles. The van der Waals surface area contributed by atoms with Crippen molar-refractivity contribution >= 4 is 33.3 Å². The third-order valence-corrected chi connectivity index (χ3v) is 6.58. The lowest BCUT2D eigenvalue weighted by Crippen LogP contribution is -2.21. The summed E-state index contributed by atoms with van der Waals surface area (Å²) in [6, 6.07) is 14.7. The molecule has 0 bridgehead atoms. The Bertz CT molecular complexity index is 1570. The highest BCUT2D eigenvalue weighted by Gasteiger charge is 2.19. The number of anilines is 2. The molecule has 0 saturated carbocycles. The molecule has 0 unspecified atom stereocenters. The van der Waals surface area contributed by atoms with E-state index in [1.54, 1.807) is 12.1 Å². The van der Waals surface area contributed by atoms with Gasteiger partial charge < -0.3 is 23.1 Å². The minimum absolute atomic E-state index is 0.0325. The summed E-state index contributed by atoms with van der Waals surface area (Å²) in [6.07, 6.45) is 0. The fraction of sp³-hybridized carbons (Fsp3) is 0.286. The number of benzene rings is 2. The van der Waals surface area contributed by atoms with Gasteiger partial charge in [0.2, 0.25) is 0 Å².